The largest absolute Gasteiger partial charge is 0.504 e. The number of Topliss-reactive ketones (excluding diaryl/α,β-unsaturated/α-hetero) is 1. The van der Waals surface area contributed by atoms with Gasteiger partial charge in [-0.15, -0.1) is 0 Å². The molecular weight excluding hydrogens is 1020 g/mol. The quantitative estimate of drug-likeness (QED) is 0.0603. The van der Waals surface area contributed by atoms with Gasteiger partial charge in [0.1, 0.15) is 80.5 Å². The van der Waals surface area contributed by atoms with Crippen molar-refractivity contribution in [1.82, 2.24) is 5.32 Å². The Hall–Kier alpha value is -3.81. The van der Waals surface area contributed by atoms with E-state index in [9.17, 15) is 85.9 Å². The number of nitrogens with one attached hydrogen (secondary N) is 1. The molecule has 25 heteroatoms. The molecular formula is C52H73NO24. The number of ketones is 1. The van der Waals surface area contributed by atoms with E-state index in [2.05, 4.69) is 5.32 Å². The van der Waals surface area contributed by atoms with Crippen LogP contribution in [0.4, 0.5) is 0 Å². The van der Waals surface area contributed by atoms with Crippen LogP contribution in [0.5, 0.6) is 11.5 Å². The summed E-state index contributed by atoms with van der Waals surface area (Å²) in [5, 5.41) is 153. The molecule has 3 saturated heterocycles. The number of aliphatic hydroxyl groups is 13. The number of carbonyl (C=O) groups excluding carboxylic acids is 3. The summed E-state index contributed by atoms with van der Waals surface area (Å²) in [5.74, 6) is -3.52. The lowest BCUT2D eigenvalue weighted by molar-refractivity contribution is -0.342. The van der Waals surface area contributed by atoms with Crippen LogP contribution in [0, 0.1) is 28.6 Å². The third-order valence-corrected chi connectivity index (χ3v) is 18.7. The van der Waals surface area contributed by atoms with Crippen LogP contribution in [-0.4, -0.2) is 231 Å². The number of carbonyl (C=O) groups is 3. The molecule has 25 nitrogen and oxygen atoms in total. The average Bonchev–Trinajstić information content (AvgIpc) is 4.20. The summed E-state index contributed by atoms with van der Waals surface area (Å²) in [6, 6.07) is 2.90. The van der Waals surface area contributed by atoms with E-state index < -0.39 is 168 Å². The molecule has 9 aliphatic rings. The molecule has 5 saturated carbocycles. The number of benzene rings is 1. The molecule has 0 aromatic heterocycles. The molecule has 8 fully saturated rings. The number of ether oxygens (including phenoxy) is 7. The topological polar surface area (TPSA) is 411 Å². The van der Waals surface area contributed by atoms with Crippen molar-refractivity contribution in [2.45, 2.75) is 194 Å². The zero-order valence-electron chi connectivity index (χ0n) is 42.9. The first-order valence-electron chi connectivity index (χ1n) is 26.1. The molecule has 10 rings (SSSR count). The van der Waals surface area contributed by atoms with Crippen molar-refractivity contribution in [3.05, 3.63) is 41.0 Å². The Balaban J connectivity index is 0.000000189. The van der Waals surface area contributed by atoms with E-state index in [1.54, 1.807) is 0 Å². The minimum absolute atomic E-state index is 0.0369. The molecule has 1 amide bonds. The van der Waals surface area contributed by atoms with Crippen LogP contribution >= 0.6 is 0 Å². The van der Waals surface area contributed by atoms with Crippen molar-refractivity contribution in [3.63, 3.8) is 0 Å². The van der Waals surface area contributed by atoms with Crippen LogP contribution < -0.4 is 10.1 Å². The van der Waals surface area contributed by atoms with Gasteiger partial charge in [0.25, 0.3) is 0 Å². The first kappa shape index (κ1) is 57.9. The first-order valence-corrected chi connectivity index (χ1v) is 26.1. The number of cyclic esters (lactones) is 1. The van der Waals surface area contributed by atoms with E-state index in [0.717, 1.165) is 5.57 Å². The Kier molecular flexibility index (Phi) is 16.2. The summed E-state index contributed by atoms with van der Waals surface area (Å²) in [7, 11) is 0. The van der Waals surface area contributed by atoms with Gasteiger partial charge in [0.05, 0.1) is 53.7 Å². The van der Waals surface area contributed by atoms with Gasteiger partial charge >= 0.3 is 5.97 Å². The zero-order chi connectivity index (χ0) is 56.0. The van der Waals surface area contributed by atoms with Crippen molar-refractivity contribution in [2.75, 3.05) is 20.0 Å². The number of phenols is 1. The molecule has 1 aromatic carbocycles. The summed E-state index contributed by atoms with van der Waals surface area (Å²) >= 11 is 0. The van der Waals surface area contributed by atoms with Gasteiger partial charge in [-0.25, -0.2) is 4.79 Å². The molecule has 25 atom stereocenters. The maximum absolute atomic E-state index is 12.7. The van der Waals surface area contributed by atoms with E-state index in [1.165, 1.54) is 51.1 Å². The van der Waals surface area contributed by atoms with E-state index in [1.807, 2.05) is 6.92 Å². The van der Waals surface area contributed by atoms with Crippen molar-refractivity contribution >= 4 is 23.7 Å². The molecule has 15 N–H and O–H groups in total. The van der Waals surface area contributed by atoms with Gasteiger partial charge in [0.15, 0.2) is 23.6 Å². The standard InChI is InChI=1S/C29H44O12.C23H29NO12/c1-13-22(34)23(35)24(36)25(40-13)41-15-8-19(32)28(12-30)21-17(3-5-27(28,37)9-15)29(38)6-4-16(14-7-20(33)39-11-14)26(29,2)10-18(21)31;1-8(22(32)24-13-14(27)16(29)21-20(15(13)28)33-7-34-21)5-10-3-4-12(11(26)6-10)35-23-18(31)17(30)19(36-23)9(2)25/h7,13,15-19,21-25,30-32,34-38H,3-6,8-12H2,1-2H3;3-6,13-21,23,26-31H,7H2,1-2H3,(H,24,32)/b;8-5+/t13-,15-,16+,17+,18+,19+,21+,22-,23+,24+,25-,26+,27-,28+,29-;13-,14+,15-,16-,17-,18-,19+,20+,21-,23+/m00/s1. The fraction of sp³-hybridized carbons (Fsp3) is 0.750. The van der Waals surface area contributed by atoms with E-state index in [0.29, 0.717) is 24.8 Å². The number of rotatable bonds is 10. The third kappa shape index (κ3) is 9.73. The number of fused-ring (bicyclic) bond motifs is 6. The lowest BCUT2D eigenvalue weighted by atomic mass is 9.40. The average molecular weight is 1100 g/mol. The minimum Gasteiger partial charge on any atom is -0.504 e. The summed E-state index contributed by atoms with van der Waals surface area (Å²) in [6.45, 7) is 5.52. The smallest absolute Gasteiger partial charge is 0.331 e. The Labute approximate surface area is 442 Å². The zero-order valence-corrected chi connectivity index (χ0v) is 42.9. The van der Waals surface area contributed by atoms with Gasteiger partial charge in [0, 0.05) is 35.8 Å². The molecule has 77 heavy (non-hydrogen) atoms. The molecule has 0 radical (unpaired) electrons. The van der Waals surface area contributed by atoms with Crippen LogP contribution in [0.25, 0.3) is 6.08 Å². The number of hydrogen-bond acceptors (Lipinski definition) is 24. The van der Waals surface area contributed by atoms with E-state index in [-0.39, 0.29) is 62.1 Å². The van der Waals surface area contributed by atoms with E-state index >= 15 is 0 Å². The maximum Gasteiger partial charge on any atom is 0.331 e. The number of phenolic OH excluding ortho intramolecular Hbond substituents is 1. The Morgan fingerprint density at radius 1 is 0.831 bits per heavy atom. The molecule has 1 aromatic rings. The normalized spacial score (nSPS) is 48.3. The first-order chi connectivity index (χ1) is 36.2. The monoisotopic (exact) mass is 1100 g/mol. The third-order valence-electron chi connectivity index (χ3n) is 18.7. The van der Waals surface area contributed by atoms with Crippen LogP contribution in [0.2, 0.25) is 0 Å². The minimum atomic E-state index is -1.67. The van der Waals surface area contributed by atoms with E-state index in [4.69, 9.17) is 33.2 Å². The van der Waals surface area contributed by atoms with Gasteiger partial charge in [-0.2, -0.15) is 0 Å². The highest BCUT2D eigenvalue weighted by molar-refractivity contribution is 5.97. The lowest BCUT2D eigenvalue weighted by Gasteiger charge is -2.68. The molecule has 0 bridgehead atoms. The van der Waals surface area contributed by atoms with Gasteiger partial charge in [0.2, 0.25) is 12.2 Å². The summed E-state index contributed by atoms with van der Waals surface area (Å²) < 4.78 is 37.8. The van der Waals surface area contributed by atoms with Crippen LogP contribution in [0.15, 0.2) is 35.4 Å². The highest BCUT2D eigenvalue weighted by atomic mass is 16.7. The fourth-order valence-electron chi connectivity index (χ4n) is 14.6. The Morgan fingerprint density at radius 3 is 2.16 bits per heavy atom. The highest BCUT2D eigenvalue weighted by Gasteiger charge is 2.75. The number of aromatic hydroxyl groups is 1. The summed E-state index contributed by atoms with van der Waals surface area (Å²) in [5.41, 5.74) is -3.92. The predicted octanol–water partition coefficient (Wildman–Crippen LogP) is -3.98. The fourth-order valence-corrected chi connectivity index (χ4v) is 14.6. The van der Waals surface area contributed by atoms with Crippen LogP contribution in [0.3, 0.4) is 0 Å². The number of hydrogen-bond donors (Lipinski definition) is 15. The second-order valence-corrected chi connectivity index (χ2v) is 22.9. The van der Waals surface area contributed by atoms with Crippen molar-refractivity contribution in [1.29, 1.82) is 0 Å². The highest BCUT2D eigenvalue weighted by Crippen LogP contribution is 2.71. The predicted molar refractivity (Wildman–Crippen MR) is 257 cm³/mol. The second kappa shape index (κ2) is 21.6. The summed E-state index contributed by atoms with van der Waals surface area (Å²) in [4.78, 5) is 36.0. The molecule has 4 aliphatic heterocycles. The van der Waals surface area contributed by atoms with Crippen LogP contribution in [0.1, 0.15) is 78.2 Å². The van der Waals surface area contributed by atoms with Crippen molar-refractivity contribution in [3.8, 4) is 11.5 Å². The Bertz CT molecular complexity index is 2440. The number of amides is 1. The molecule has 4 heterocycles. The van der Waals surface area contributed by atoms with Gasteiger partial charge in [-0.05, 0) is 94.1 Å². The second-order valence-electron chi connectivity index (χ2n) is 22.9. The summed E-state index contributed by atoms with van der Waals surface area (Å²) in [6.07, 6.45) is -16.9. The van der Waals surface area contributed by atoms with Gasteiger partial charge in [-0.1, -0.05) is 13.0 Å². The molecule has 430 valence electrons. The van der Waals surface area contributed by atoms with Crippen molar-refractivity contribution < 1.29 is 119 Å². The molecule has 0 unspecified atom stereocenters. The SMILES string of the molecule is CC(=O)[C@H]1O[C@@H](Oc2ccc(/C=C(\C)C(=O)N[C@H]3[C@@H](O)[C@H](O)[C@@H]4OCO[C@@H]4[C@H]3O)cc2O)[C@@H](O)[C@@H]1O.C[C@@H]1O[C@@H](O[C@H]2C[C@@H](O)[C@]3(CO)[C@H]4[C@H](O)C[C@]5(C)[C@@H](C6=CC(=O)OC6)CC[C@]5(O)[C@@H]4CC[C@]3(O)C2)[C@H](O)[C@H](O)[C@H]1O. The Morgan fingerprint density at radius 2 is 1.52 bits per heavy atom. The number of esters is 1. The molecule has 0 spiro atoms. The lowest BCUT2D eigenvalue weighted by Crippen LogP contribution is -2.76. The molecule has 5 aliphatic carbocycles. The van der Waals surface area contributed by atoms with Crippen LogP contribution in [-0.2, 0) is 42.8 Å². The maximum atomic E-state index is 12.7. The van der Waals surface area contributed by atoms with Crippen molar-refractivity contribution in [2.24, 2.45) is 28.6 Å². The van der Waals surface area contributed by atoms with Gasteiger partial charge in [-0.3, -0.25) is 9.59 Å². The number of aliphatic hydroxyl groups excluding tert-OH is 11. The van der Waals surface area contributed by atoms with Gasteiger partial charge < -0.3 is 110 Å².